The van der Waals surface area contributed by atoms with Gasteiger partial charge in [-0.1, -0.05) is 0 Å². The van der Waals surface area contributed by atoms with Crippen LogP contribution in [0.3, 0.4) is 0 Å². The van der Waals surface area contributed by atoms with Crippen LogP contribution in [0, 0.1) is 5.92 Å². The predicted molar refractivity (Wildman–Crippen MR) is 99.7 cm³/mol. The number of carbonyl (C=O) groups is 1. The summed E-state index contributed by atoms with van der Waals surface area (Å²) in [7, 11) is 0. The van der Waals surface area contributed by atoms with Gasteiger partial charge in [-0.3, -0.25) is 9.89 Å². The van der Waals surface area contributed by atoms with Crippen molar-refractivity contribution in [2.24, 2.45) is 5.92 Å². The molecule has 0 saturated carbocycles. The Labute approximate surface area is 154 Å². The van der Waals surface area contributed by atoms with E-state index in [0.717, 1.165) is 62.5 Å². The Hall–Kier alpha value is -2.08. The number of hydrogen-bond donors (Lipinski definition) is 2. The first-order chi connectivity index (χ1) is 12.5. The molecule has 1 amide bonds. The molecule has 6 heteroatoms. The minimum Gasteiger partial charge on any atom is -0.463 e. The lowest BCUT2D eigenvalue weighted by Crippen LogP contribution is -2.51. The molecule has 0 aliphatic carbocycles. The molecule has 140 valence electrons. The van der Waals surface area contributed by atoms with E-state index in [1.165, 1.54) is 0 Å². The Kier molecular flexibility index (Phi) is 4.61. The highest BCUT2D eigenvalue weighted by atomic mass is 16.3. The molecule has 2 fully saturated rings. The lowest BCUT2D eigenvalue weighted by atomic mass is 9.83. The third kappa shape index (κ3) is 3.56. The van der Waals surface area contributed by atoms with Crippen LogP contribution in [0.25, 0.3) is 11.5 Å². The molecule has 2 aromatic heterocycles. The van der Waals surface area contributed by atoms with Gasteiger partial charge in [-0.25, -0.2) is 0 Å². The van der Waals surface area contributed by atoms with Crippen molar-refractivity contribution in [2.45, 2.75) is 51.0 Å². The number of hydrogen-bond acceptors (Lipinski definition) is 4. The fraction of sp³-hybridized carbons (Fsp3) is 0.600. The smallest absolute Gasteiger partial charge is 0.225 e. The van der Waals surface area contributed by atoms with Gasteiger partial charge in [0.2, 0.25) is 5.91 Å². The molecule has 1 unspecified atom stereocenters. The average Bonchev–Trinajstić information content (AvgIpc) is 3.32. The summed E-state index contributed by atoms with van der Waals surface area (Å²) in [5, 5.41) is 11.0. The van der Waals surface area contributed by atoms with Crippen LogP contribution in [0.2, 0.25) is 0 Å². The summed E-state index contributed by atoms with van der Waals surface area (Å²) in [4.78, 5) is 15.0. The third-order valence-corrected chi connectivity index (χ3v) is 5.82. The molecule has 0 spiro atoms. The highest BCUT2D eigenvalue weighted by molar-refractivity contribution is 5.79. The van der Waals surface area contributed by atoms with Crippen molar-refractivity contribution < 1.29 is 9.21 Å². The number of nitrogens with one attached hydrogen (secondary N) is 2. The predicted octanol–water partition coefficient (Wildman–Crippen LogP) is 3.15. The Morgan fingerprint density at radius 2 is 2.12 bits per heavy atom. The van der Waals surface area contributed by atoms with Gasteiger partial charge in [0.05, 0.1) is 6.26 Å². The van der Waals surface area contributed by atoms with Gasteiger partial charge in [-0.05, 0) is 64.3 Å². The largest absolute Gasteiger partial charge is 0.463 e. The average molecular weight is 356 g/mol. The molecule has 0 aromatic carbocycles. The highest BCUT2D eigenvalue weighted by Gasteiger charge is 2.35. The zero-order chi connectivity index (χ0) is 18.1. The summed E-state index contributed by atoms with van der Waals surface area (Å²) in [6, 6.07) is 5.87. The number of aromatic nitrogens is 2. The lowest BCUT2D eigenvalue weighted by molar-refractivity contribution is -0.138. The molecule has 2 aliphatic rings. The van der Waals surface area contributed by atoms with E-state index in [2.05, 4.69) is 40.3 Å². The van der Waals surface area contributed by atoms with Crippen LogP contribution >= 0.6 is 0 Å². The molecule has 2 saturated heterocycles. The Morgan fingerprint density at radius 3 is 2.81 bits per heavy atom. The molecule has 26 heavy (non-hydrogen) atoms. The first-order valence-corrected chi connectivity index (χ1v) is 9.65. The quantitative estimate of drug-likeness (QED) is 0.886. The first-order valence-electron chi connectivity index (χ1n) is 9.65. The maximum absolute atomic E-state index is 12.9. The van der Waals surface area contributed by atoms with Crippen molar-refractivity contribution >= 4 is 5.91 Å². The first kappa shape index (κ1) is 17.3. The van der Waals surface area contributed by atoms with Crippen LogP contribution < -0.4 is 5.32 Å². The maximum atomic E-state index is 12.9. The number of H-pyrrole nitrogens is 1. The lowest BCUT2D eigenvalue weighted by Gasteiger charge is -2.39. The summed E-state index contributed by atoms with van der Waals surface area (Å²) in [6.45, 7) is 6.98. The standard InChI is InChI=1S/C20H28N4O2/c1-20(2)13-15(5-8-21-20)19(25)24-9-6-14(7-10-24)16-12-17(23-22-16)18-4-3-11-26-18/h3-4,11-12,14-15,21H,5-10,13H2,1-2H3,(H,22,23). The van der Waals surface area contributed by atoms with Crippen molar-refractivity contribution in [3.05, 3.63) is 30.2 Å². The van der Waals surface area contributed by atoms with Crippen LogP contribution in [-0.2, 0) is 4.79 Å². The molecular weight excluding hydrogens is 328 g/mol. The fourth-order valence-corrected chi connectivity index (χ4v) is 4.35. The van der Waals surface area contributed by atoms with Gasteiger partial charge in [0.15, 0.2) is 5.76 Å². The van der Waals surface area contributed by atoms with Gasteiger partial charge >= 0.3 is 0 Å². The van der Waals surface area contributed by atoms with Crippen LogP contribution in [0.5, 0.6) is 0 Å². The third-order valence-electron chi connectivity index (χ3n) is 5.82. The van der Waals surface area contributed by atoms with Gasteiger partial charge in [0.1, 0.15) is 5.69 Å². The maximum Gasteiger partial charge on any atom is 0.225 e. The topological polar surface area (TPSA) is 74.2 Å². The Bertz CT molecular complexity index is 742. The van der Waals surface area contributed by atoms with Crippen LogP contribution in [0.4, 0.5) is 0 Å². The van der Waals surface area contributed by atoms with Crippen molar-refractivity contribution in [2.75, 3.05) is 19.6 Å². The number of amides is 1. The summed E-state index contributed by atoms with van der Waals surface area (Å²) in [5.74, 6) is 1.73. The highest BCUT2D eigenvalue weighted by Crippen LogP contribution is 2.32. The molecule has 4 rings (SSSR count). The minimum absolute atomic E-state index is 0.0646. The van der Waals surface area contributed by atoms with E-state index >= 15 is 0 Å². The van der Waals surface area contributed by atoms with Gasteiger partial charge in [-0.15, -0.1) is 0 Å². The van der Waals surface area contributed by atoms with Gasteiger partial charge in [0.25, 0.3) is 0 Å². The SMILES string of the molecule is CC1(C)CC(C(=O)N2CCC(c3cc(-c4ccco4)n[nH]3)CC2)CCN1. The van der Waals surface area contributed by atoms with Crippen molar-refractivity contribution in [3.8, 4) is 11.5 Å². The monoisotopic (exact) mass is 356 g/mol. The molecule has 2 aromatic rings. The normalized spacial score (nSPS) is 23.9. The van der Waals surface area contributed by atoms with Crippen molar-refractivity contribution in [1.82, 2.24) is 20.4 Å². The molecule has 4 heterocycles. The second kappa shape index (κ2) is 6.91. The van der Waals surface area contributed by atoms with Crippen molar-refractivity contribution in [1.29, 1.82) is 0 Å². The Morgan fingerprint density at radius 1 is 1.31 bits per heavy atom. The molecule has 1 atom stereocenters. The number of rotatable bonds is 3. The van der Waals surface area contributed by atoms with Gasteiger partial charge < -0.3 is 14.6 Å². The summed E-state index contributed by atoms with van der Waals surface area (Å²) in [6.07, 6.45) is 5.52. The van der Waals surface area contributed by atoms with Crippen LogP contribution in [0.1, 0.15) is 51.1 Å². The summed E-state index contributed by atoms with van der Waals surface area (Å²) in [5.41, 5.74) is 2.06. The fourth-order valence-electron chi connectivity index (χ4n) is 4.35. The van der Waals surface area contributed by atoms with E-state index in [0.29, 0.717) is 11.8 Å². The van der Waals surface area contributed by atoms with E-state index in [-0.39, 0.29) is 11.5 Å². The van der Waals surface area contributed by atoms with E-state index in [9.17, 15) is 4.79 Å². The second-order valence-electron chi connectivity index (χ2n) is 8.29. The molecular formula is C20H28N4O2. The van der Waals surface area contributed by atoms with Crippen molar-refractivity contribution in [3.63, 3.8) is 0 Å². The van der Waals surface area contributed by atoms with E-state index < -0.39 is 0 Å². The van der Waals surface area contributed by atoms with E-state index in [1.807, 2.05) is 12.1 Å². The number of furan rings is 1. The number of likely N-dealkylation sites (tertiary alicyclic amines) is 1. The minimum atomic E-state index is 0.0646. The molecule has 6 nitrogen and oxygen atoms in total. The molecule has 2 N–H and O–H groups in total. The van der Waals surface area contributed by atoms with Crippen LogP contribution in [-0.4, -0.2) is 46.2 Å². The van der Waals surface area contributed by atoms with E-state index in [4.69, 9.17) is 4.42 Å². The Balaban J connectivity index is 1.35. The van der Waals surface area contributed by atoms with E-state index in [1.54, 1.807) is 6.26 Å². The number of carbonyl (C=O) groups excluding carboxylic acids is 1. The van der Waals surface area contributed by atoms with Gasteiger partial charge in [-0.2, -0.15) is 5.10 Å². The number of aromatic amines is 1. The zero-order valence-electron chi connectivity index (χ0n) is 15.6. The van der Waals surface area contributed by atoms with Gasteiger partial charge in [0, 0.05) is 36.2 Å². The summed E-state index contributed by atoms with van der Waals surface area (Å²) < 4.78 is 5.41. The molecule has 0 bridgehead atoms. The number of piperidine rings is 2. The number of nitrogens with zero attached hydrogens (tertiary/aromatic N) is 2. The van der Waals surface area contributed by atoms with Crippen LogP contribution in [0.15, 0.2) is 28.9 Å². The zero-order valence-corrected chi connectivity index (χ0v) is 15.6. The summed E-state index contributed by atoms with van der Waals surface area (Å²) >= 11 is 0. The molecule has 2 aliphatic heterocycles. The molecule has 0 radical (unpaired) electrons. The second-order valence-corrected chi connectivity index (χ2v) is 8.29.